The monoisotopic (exact) mass is 493 g/mol. The van der Waals surface area contributed by atoms with E-state index in [1.807, 2.05) is 45.0 Å². The Morgan fingerprint density at radius 2 is 1.97 bits per heavy atom. The molecule has 4 N–H and O–H groups in total. The summed E-state index contributed by atoms with van der Waals surface area (Å²) >= 11 is 6.46. The number of hydrogen-bond acceptors (Lipinski definition) is 5. The van der Waals surface area contributed by atoms with Crippen LogP contribution in [0, 0.1) is 5.92 Å². The molecule has 2 aromatic carbocycles. The van der Waals surface area contributed by atoms with Gasteiger partial charge in [-0.25, -0.2) is 4.99 Å². The second kappa shape index (κ2) is 13.1. The van der Waals surface area contributed by atoms with Crippen LogP contribution in [-0.2, 0) is 17.6 Å². The van der Waals surface area contributed by atoms with Crippen LogP contribution < -0.4 is 21.3 Å². The van der Waals surface area contributed by atoms with Crippen molar-refractivity contribution < 1.29 is 4.79 Å². The first-order valence-corrected chi connectivity index (χ1v) is 12.5. The molecular weight excluding hydrogens is 458 g/mol. The first-order chi connectivity index (χ1) is 16.9. The molecule has 0 saturated carbocycles. The van der Waals surface area contributed by atoms with E-state index in [0.717, 1.165) is 55.0 Å². The van der Waals surface area contributed by atoms with Crippen LogP contribution in [0.2, 0.25) is 0 Å². The van der Waals surface area contributed by atoms with Crippen LogP contribution in [0.1, 0.15) is 38.3 Å². The van der Waals surface area contributed by atoms with Gasteiger partial charge in [0.1, 0.15) is 12.0 Å². The Labute approximate surface area is 214 Å². The van der Waals surface area contributed by atoms with E-state index < -0.39 is 0 Å². The van der Waals surface area contributed by atoms with Crippen molar-refractivity contribution in [1.82, 2.24) is 5.32 Å². The molecular formula is C28H36ClN5O. The van der Waals surface area contributed by atoms with Crippen molar-refractivity contribution in [3.8, 4) is 0 Å². The highest BCUT2D eigenvalue weighted by Crippen LogP contribution is 2.26. The van der Waals surface area contributed by atoms with Crippen molar-refractivity contribution in [3.63, 3.8) is 0 Å². The van der Waals surface area contributed by atoms with E-state index >= 15 is 0 Å². The average molecular weight is 494 g/mol. The number of benzene rings is 2. The van der Waals surface area contributed by atoms with E-state index in [0.29, 0.717) is 10.9 Å². The van der Waals surface area contributed by atoms with Crippen LogP contribution in [0.3, 0.4) is 0 Å². The van der Waals surface area contributed by atoms with Gasteiger partial charge in [0, 0.05) is 23.6 Å². The molecule has 6 nitrogen and oxygen atoms in total. The lowest BCUT2D eigenvalue weighted by molar-refractivity contribution is -0.119. The predicted molar refractivity (Wildman–Crippen MR) is 150 cm³/mol. The Balaban J connectivity index is 0.00000108. The van der Waals surface area contributed by atoms with E-state index in [1.54, 1.807) is 6.08 Å². The number of aryl methyl sites for hydroxylation is 2. The van der Waals surface area contributed by atoms with Gasteiger partial charge in [-0.1, -0.05) is 35.9 Å². The predicted octanol–water partition coefficient (Wildman–Crippen LogP) is 5.94. The molecule has 2 heterocycles. The third-order valence-corrected chi connectivity index (χ3v) is 6.24. The fraction of sp³-hybridized carbons (Fsp3) is 0.357. The lowest BCUT2D eigenvalue weighted by Crippen LogP contribution is -2.25. The number of allylic oxidation sites excluding steroid dienone is 2. The SMILES string of the molecule is C/C=C(Cl)\C1=N/C(C)Nc2cccc(c2)CCc2cc(ccc2NC(=O)C2CCNC2)N1.C=CC. The molecule has 2 atom stereocenters. The number of rotatable bonds is 3. The maximum Gasteiger partial charge on any atom is 0.228 e. The molecule has 7 heteroatoms. The number of amidine groups is 1. The maximum absolute atomic E-state index is 12.7. The van der Waals surface area contributed by atoms with Gasteiger partial charge in [0.15, 0.2) is 0 Å². The summed E-state index contributed by atoms with van der Waals surface area (Å²) in [6.45, 7) is 10.8. The number of carbonyl (C=O) groups excluding carboxylic acids is 1. The van der Waals surface area contributed by atoms with Crippen LogP contribution in [0.15, 0.2) is 71.2 Å². The average Bonchev–Trinajstić information content (AvgIpc) is 3.38. The van der Waals surface area contributed by atoms with Crippen LogP contribution in [-0.4, -0.2) is 31.0 Å². The smallest absolute Gasteiger partial charge is 0.228 e. The van der Waals surface area contributed by atoms with Gasteiger partial charge in [0.25, 0.3) is 0 Å². The first-order valence-electron chi connectivity index (χ1n) is 12.2. The summed E-state index contributed by atoms with van der Waals surface area (Å²) in [5.74, 6) is 0.699. The zero-order chi connectivity index (χ0) is 25.2. The molecule has 1 amide bonds. The molecule has 1 fully saturated rings. The first kappa shape index (κ1) is 26.5. The van der Waals surface area contributed by atoms with Crippen molar-refractivity contribution in [2.24, 2.45) is 10.9 Å². The molecule has 35 heavy (non-hydrogen) atoms. The van der Waals surface area contributed by atoms with Gasteiger partial charge in [-0.2, -0.15) is 0 Å². The molecule has 0 aliphatic carbocycles. The summed E-state index contributed by atoms with van der Waals surface area (Å²) in [5.41, 5.74) is 5.07. The molecule has 0 aromatic heterocycles. The van der Waals surface area contributed by atoms with Gasteiger partial charge >= 0.3 is 0 Å². The Bertz CT molecular complexity index is 1090. The normalized spacial score (nSPS) is 21.3. The van der Waals surface area contributed by atoms with Crippen LogP contribution in [0.5, 0.6) is 0 Å². The summed E-state index contributed by atoms with van der Waals surface area (Å²) in [6.07, 6.45) is 5.95. The lowest BCUT2D eigenvalue weighted by atomic mass is 10.0. The number of fused-ring (bicyclic) bond motifs is 4. The van der Waals surface area contributed by atoms with E-state index in [1.165, 1.54) is 5.56 Å². The number of nitrogens with zero attached hydrogens (tertiary/aromatic N) is 1. The lowest BCUT2D eigenvalue weighted by Gasteiger charge is -2.17. The molecule has 0 radical (unpaired) electrons. The van der Waals surface area contributed by atoms with E-state index in [-0.39, 0.29) is 18.0 Å². The molecule has 1 saturated heterocycles. The number of carbonyl (C=O) groups is 1. The molecule has 2 unspecified atom stereocenters. The standard InChI is InChI=1S/C25H30ClN5O.C3H6/c1-3-22(26)24-29-16(2)28-20-6-4-5-17(13-20)7-8-18-14-21(30-24)9-10-23(18)31-25(32)19-11-12-27-15-19;1-3-2/h3-6,9-10,13-14,16,19,27-28H,7-8,11-12,15H2,1-2H3,(H,29,30)(H,31,32);3H,1H2,2H3/b22-3+;. The molecule has 2 aliphatic heterocycles. The number of aliphatic imine (C=N–C) groups is 1. The minimum absolute atomic E-state index is 0.0197. The van der Waals surface area contributed by atoms with Gasteiger partial charge in [-0.05, 0) is 88.0 Å². The maximum atomic E-state index is 12.7. The largest absolute Gasteiger partial charge is 0.364 e. The molecule has 4 rings (SSSR count). The molecule has 2 aromatic rings. The minimum Gasteiger partial charge on any atom is -0.364 e. The Hall–Kier alpha value is -3.09. The fourth-order valence-electron chi connectivity index (χ4n) is 4.10. The number of halogens is 1. The van der Waals surface area contributed by atoms with Crippen LogP contribution in [0.25, 0.3) is 0 Å². The second-order valence-electron chi connectivity index (χ2n) is 8.72. The van der Waals surface area contributed by atoms with E-state index in [2.05, 4.69) is 52.1 Å². The Morgan fingerprint density at radius 3 is 2.69 bits per heavy atom. The molecule has 0 spiro atoms. The summed E-state index contributed by atoms with van der Waals surface area (Å²) in [6, 6.07) is 14.4. The third kappa shape index (κ3) is 7.70. The summed E-state index contributed by atoms with van der Waals surface area (Å²) < 4.78 is 0. The van der Waals surface area contributed by atoms with Gasteiger partial charge in [0.05, 0.1) is 11.0 Å². The van der Waals surface area contributed by atoms with Crippen molar-refractivity contribution in [1.29, 1.82) is 0 Å². The van der Waals surface area contributed by atoms with E-state index in [9.17, 15) is 4.79 Å². The molecule has 2 aliphatic rings. The second-order valence-corrected chi connectivity index (χ2v) is 9.13. The fourth-order valence-corrected chi connectivity index (χ4v) is 4.20. The molecule has 186 valence electrons. The zero-order valence-electron chi connectivity index (χ0n) is 20.8. The topological polar surface area (TPSA) is 77.5 Å². The summed E-state index contributed by atoms with van der Waals surface area (Å²) in [5, 5.41) is 13.8. The van der Waals surface area contributed by atoms with Crippen LogP contribution in [0.4, 0.5) is 17.1 Å². The number of hydrogen-bond donors (Lipinski definition) is 4. The summed E-state index contributed by atoms with van der Waals surface area (Å²) in [4.78, 5) is 17.5. The number of anilines is 3. The van der Waals surface area contributed by atoms with Crippen molar-refractivity contribution in [2.75, 3.05) is 29.0 Å². The number of amides is 1. The highest BCUT2D eigenvalue weighted by atomic mass is 35.5. The van der Waals surface area contributed by atoms with Crippen LogP contribution >= 0.6 is 11.6 Å². The zero-order valence-corrected chi connectivity index (χ0v) is 21.6. The van der Waals surface area contributed by atoms with Gasteiger partial charge in [0.2, 0.25) is 5.91 Å². The highest BCUT2D eigenvalue weighted by molar-refractivity contribution is 6.44. The van der Waals surface area contributed by atoms with Gasteiger partial charge in [-0.15, -0.1) is 6.58 Å². The van der Waals surface area contributed by atoms with Crippen molar-refractivity contribution in [2.45, 2.75) is 46.2 Å². The Kier molecular flexibility index (Phi) is 9.94. The van der Waals surface area contributed by atoms with E-state index in [4.69, 9.17) is 16.6 Å². The summed E-state index contributed by atoms with van der Waals surface area (Å²) in [7, 11) is 0. The minimum atomic E-state index is -0.166. The quantitative estimate of drug-likeness (QED) is 0.399. The third-order valence-electron chi connectivity index (χ3n) is 5.84. The van der Waals surface area contributed by atoms with Gasteiger partial charge < -0.3 is 21.3 Å². The number of nitrogens with one attached hydrogen (secondary N) is 4. The molecule has 4 bridgehead atoms. The Morgan fingerprint density at radius 1 is 1.17 bits per heavy atom. The van der Waals surface area contributed by atoms with Gasteiger partial charge in [-0.3, -0.25) is 4.79 Å². The van der Waals surface area contributed by atoms with Crippen molar-refractivity contribution >= 4 is 40.4 Å². The highest BCUT2D eigenvalue weighted by Gasteiger charge is 2.23. The van der Waals surface area contributed by atoms with Crippen molar-refractivity contribution in [3.05, 3.63) is 77.4 Å².